The number of hydrogen-bond donors (Lipinski definition) is 10. The third-order valence-electron chi connectivity index (χ3n) is 13.1. The molecule has 0 saturated heterocycles. The molecular weight excluding hydrogens is 863 g/mol. The van der Waals surface area contributed by atoms with Gasteiger partial charge in [-0.3, -0.25) is 9.15 Å². The van der Waals surface area contributed by atoms with Crippen molar-refractivity contribution in [2.75, 3.05) is 0 Å². The number of benzene rings is 8. The topological polar surface area (TPSA) is 238 Å². The molecule has 0 saturated carbocycles. The van der Waals surface area contributed by atoms with Crippen LogP contribution in [0.5, 0.6) is 57.5 Å². The van der Waals surface area contributed by atoms with Gasteiger partial charge in [0.25, 0.3) is 0 Å². The minimum absolute atomic E-state index is 0.00628. The molecule has 66 heavy (non-hydrogen) atoms. The van der Waals surface area contributed by atoms with E-state index in [0.29, 0.717) is 5.69 Å². The largest absolute Gasteiger partial charge is 0.508 e. The number of phenols is 10. The average Bonchev–Trinajstić information content (AvgIpc) is 3.97. The zero-order valence-electron chi connectivity index (χ0n) is 34.8. The molecule has 14 nitrogen and oxygen atoms in total. The van der Waals surface area contributed by atoms with Crippen LogP contribution in [-0.4, -0.2) is 67.9 Å². The Morgan fingerprint density at radius 1 is 0.455 bits per heavy atom. The van der Waals surface area contributed by atoms with Gasteiger partial charge in [0.1, 0.15) is 35.7 Å². The van der Waals surface area contributed by atoms with Gasteiger partial charge >= 0.3 is 0 Å². The molecule has 0 aliphatic heterocycles. The Hall–Kier alpha value is -8.76. The normalized spacial score (nSPS) is 12.2. The van der Waals surface area contributed by atoms with Gasteiger partial charge in [-0.15, -0.1) is 11.3 Å². The van der Waals surface area contributed by atoms with E-state index in [1.165, 1.54) is 33.8 Å². The van der Waals surface area contributed by atoms with Gasteiger partial charge in [0.2, 0.25) is 28.4 Å². The van der Waals surface area contributed by atoms with Crippen molar-refractivity contribution >= 4 is 105 Å². The first kappa shape index (κ1) is 38.9. The van der Waals surface area contributed by atoms with Crippen molar-refractivity contribution in [2.45, 2.75) is 13.8 Å². The van der Waals surface area contributed by atoms with E-state index < -0.39 is 68.7 Å². The predicted octanol–water partition coefficient (Wildman–Crippen LogP) is 9.88. The number of hydrogen-bond acceptors (Lipinski definition) is 13. The second kappa shape index (κ2) is 13.2. The Morgan fingerprint density at radius 3 is 1.80 bits per heavy atom. The van der Waals surface area contributed by atoms with E-state index in [2.05, 4.69) is 36.4 Å². The summed E-state index contributed by atoms with van der Waals surface area (Å²) in [5.74, 6) is -7.81. The number of rotatable bonds is 3. The first-order valence-corrected chi connectivity index (χ1v) is 21.3. The van der Waals surface area contributed by atoms with Gasteiger partial charge in [0.05, 0.1) is 21.7 Å². The summed E-state index contributed by atoms with van der Waals surface area (Å²) < 4.78 is 16.7. The second-order valence-corrected chi connectivity index (χ2v) is 17.6. The van der Waals surface area contributed by atoms with E-state index >= 15 is 0 Å². The molecule has 0 aliphatic carbocycles. The molecule has 0 atom stereocenters. The number of aromatic hydroxyl groups is 10. The van der Waals surface area contributed by atoms with Gasteiger partial charge in [-0.25, -0.2) is 0 Å². The summed E-state index contributed by atoms with van der Waals surface area (Å²) in [5, 5.41) is 116. The zero-order valence-corrected chi connectivity index (χ0v) is 35.6. The highest BCUT2D eigenvalue weighted by molar-refractivity contribution is 7.26. The van der Waals surface area contributed by atoms with Crippen molar-refractivity contribution in [3.05, 3.63) is 102 Å². The Bertz CT molecular complexity index is 4230. The number of phenolic OH excluding ortho intramolecular Hbond substituents is 10. The van der Waals surface area contributed by atoms with Crippen molar-refractivity contribution in [3.8, 4) is 85.4 Å². The van der Waals surface area contributed by atoms with Crippen LogP contribution in [0.15, 0.2) is 100 Å². The maximum Gasteiger partial charge on any atom is 0.248 e. The van der Waals surface area contributed by atoms with Gasteiger partial charge in [-0.05, 0) is 71.4 Å². The van der Waals surface area contributed by atoms with Crippen LogP contribution < -0.4 is 5.46 Å². The summed E-state index contributed by atoms with van der Waals surface area (Å²) in [7, 11) is 1.41. The molecule has 0 aliphatic rings. The van der Waals surface area contributed by atoms with E-state index in [0.717, 1.165) is 32.3 Å². The molecule has 8 aromatic carbocycles. The van der Waals surface area contributed by atoms with Crippen molar-refractivity contribution in [1.29, 1.82) is 0 Å². The summed E-state index contributed by atoms with van der Waals surface area (Å²) in [6.45, 7) is 3.01. The molecule has 4 heterocycles. The van der Waals surface area contributed by atoms with Gasteiger partial charge in [0.15, 0.2) is 34.5 Å². The standard InChI is InChI=1S/C50H33BN2O12S/c1-18-28-29-36(43(59)42(58)32(51)39(29)55)52(23-11-6-9-21(17-23)20-8-5-10-22(16-20)24-13-7-14-26-25-12-3-4-15-27(25)66-50(24)26)35(28)44(60)48-34(18)53-33-19(2)38(54)45(61)40(56)30(33)31-37(53)49(65-64-48)47(63)46(62)41(31)57/h3-17,54-63H,51H2,1-2H3. The molecular formula is C50H33BN2O12S. The van der Waals surface area contributed by atoms with Crippen LogP contribution >= 0.6 is 11.3 Å². The number of thiophene rings is 1. The molecule has 0 unspecified atom stereocenters. The summed E-state index contributed by atoms with van der Waals surface area (Å²) in [6.07, 6.45) is 0. The molecule has 0 bridgehead atoms. The fourth-order valence-corrected chi connectivity index (χ4v) is 11.2. The van der Waals surface area contributed by atoms with Crippen LogP contribution in [-0.2, 0) is 0 Å². The van der Waals surface area contributed by atoms with Crippen LogP contribution in [0.3, 0.4) is 0 Å². The van der Waals surface area contributed by atoms with Crippen LogP contribution in [0.2, 0.25) is 0 Å². The maximum absolute atomic E-state index is 12.7. The monoisotopic (exact) mass is 896 g/mol. The predicted molar refractivity (Wildman–Crippen MR) is 256 cm³/mol. The van der Waals surface area contributed by atoms with Gasteiger partial charge in [0, 0.05) is 36.8 Å². The minimum atomic E-state index is -1.06. The van der Waals surface area contributed by atoms with E-state index in [4.69, 9.17) is 9.15 Å². The van der Waals surface area contributed by atoms with Crippen LogP contribution in [0.1, 0.15) is 11.1 Å². The summed E-state index contributed by atoms with van der Waals surface area (Å²) in [4.78, 5) is 0. The maximum atomic E-state index is 12.7. The van der Waals surface area contributed by atoms with Gasteiger partial charge in [-0.2, -0.15) is 0 Å². The van der Waals surface area contributed by atoms with Crippen LogP contribution in [0.25, 0.3) is 108 Å². The Balaban J connectivity index is 1.20. The molecule has 0 spiro atoms. The molecule has 10 N–H and O–H groups in total. The molecule has 12 rings (SSSR count). The van der Waals surface area contributed by atoms with Crippen molar-refractivity contribution in [2.24, 2.45) is 0 Å². The minimum Gasteiger partial charge on any atom is -0.508 e. The third-order valence-corrected chi connectivity index (χ3v) is 14.3. The van der Waals surface area contributed by atoms with E-state index in [1.807, 2.05) is 42.5 Å². The van der Waals surface area contributed by atoms with E-state index in [1.54, 1.807) is 30.4 Å². The van der Waals surface area contributed by atoms with E-state index in [-0.39, 0.29) is 65.7 Å². The Morgan fingerprint density at radius 2 is 1.05 bits per heavy atom. The van der Waals surface area contributed by atoms with Crippen molar-refractivity contribution < 1.29 is 60.2 Å². The fraction of sp³-hybridized carbons (Fsp3) is 0.0400. The lowest BCUT2D eigenvalue weighted by Crippen LogP contribution is -2.05. The quantitative estimate of drug-likeness (QED) is 0.0345. The highest BCUT2D eigenvalue weighted by Gasteiger charge is 2.34. The van der Waals surface area contributed by atoms with E-state index in [9.17, 15) is 51.1 Å². The van der Waals surface area contributed by atoms with Gasteiger partial charge in [-0.1, -0.05) is 66.7 Å². The lowest BCUT2D eigenvalue weighted by molar-refractivity contribution is 0.0877. The summed E-state index contributed by atoms with van der Waals surface area (Å²) in [5.41, 5.74) is 2.65. The SMILES string of the molecule is Bc1c(O)c(O)c2c(c1O)c1c(C)c3c(ooc4c(O)c(O)c(O)c5c6c(O)c(O)c(O)c(C)c6n3c45)c(O)c1n2-c1cccc(-c2cccc(-c3cccc4c3sc3ccccc34)c2)c1. The lowest BCUT2D eigenvalue weighted by atomic mass is 9.90. The molecule has 0 amide bonds. The van der Waals surface area contributed by atoms with Gasteiger partial charge < -0.3 is 60.0 Å². The fourth-order valence-electron chi connectivity index (χ4n) is 9.95. The highest BCUT2D eigenvalue weighted by atomic mass is 32.1. The number of fused-ring (bicyclic) bond motifs is 11. The molecule has 4 aromatic heterocycles. The molecule has 16 heteroatoms. The molecule has 0 radical (unpaired) electrons. The lowest BCUT2D eigenvalue weighted by Gasteiger charge is -2.14. The number of aromatic nitrogens is 2. The zero-order chi connectivity index (χ0) is 45.9. The van der Waals surface area contributed by atoms with Crippen LogP contribution in [0, 0.1) is 13.8 Å². The molecule has 12 aromatic rings. The summed E-state index contributed by atoms with van der Waals surface area (Å²) in [6, 6.07) is 29.9. The first-order valence-electron chi connectivity index (χ1n) is 20.5. The highest BCUT2D eigenvalue weighted by Crippen LogP contribution is 2.57. The number of aryl methyl sites for hydroxylation is 2. The second-order valence-electron chi connectivity index (χ2n) is 16.5. The first-order chi connectivity index (χ1) is 31.7. The Labute approximate surface area is 374 Å². The Kier molecular flexibility index (Phi) is 7.75. The molecule has 0 fully saturated rings. The van der Waals surface area contributed by atoms with Crippen LogP contribution in [0.4, 0.5) is 0 Å². The molecule has 324 valence electrons. The summed E-state index contributed by atoms with van der Waals surface area (Å²) >= 11 is 1.73. The van der Waals surface area contributed by atoms with Crippen molar-refractivity contribution in [3.63, 3.8) is 0 Å². The third kappa shape index (κ3) is 4.74. The van der Waals surface area contributed by atoms with Crippen molar-refractivity contribution in [1.82, 2.24) is 8.97 Å². The average molecular weight is 897 g/mol. The smallest absolute Gasteiger partial charge is 0.248 e. The number of nitrogens with zero attached hydrogens (tertiary/aromatic N) is 2.